The monoisotopic (exact) mass is 399 g/mol. The zero-order valence-electron chi connectivity index (χ0n) is 13.5. The molecule has 0 atom stereocenters. The van der Waals surface area contributed by atoms with Gasteiger partial charge in [0.05, 0.1) is 12.7 Å². The smallest absolute Gasteiger partial charge is 0.491 e. The SMILES string of the molecule is COc1ccc(Cl)cc1-c1nnc(-c2cccnc2OC(=O)C(F)(F)F)o1. The number of pyridine rings is 1. The van der Waals surface area contributed by atoms with Crippen LogP contribution in [0.5, 0.6) is 11.6 Å². The normalized spacial score (nSPS) is 11.3. The molecule has 7 nitrogen and oxygen atoms in total. The molecular weight excluding hydrogens is 391 g/mol. The number of ether oxygens (including phenoxy) is 2. The maximum Gasteiger partial charge on any atom is 0.491 e. The number of alkyl halides is 3. The van der Waals surface area contributed by atoms with Gasteiger partial charge >= 0.3 is 12.1 Å². The van der Waals surface area contributed by atoms with Crippen LogP contribution in [0.2, 0.25) is 5.02 Å². The van der Waals surface area contributed by atoms with Crippen molar-refractivity contribution in [2.75, 3.05) is 7.11 Å². The van der Waals surface area contributed by atoms with Crippen LogP contribution in [0.3, 0.4) is 0 Å². The predicted octanol–water partition coefficient (Wildman–Crippen LogP) is 3.93. The molecule has 140 valence electrons. The molecule has 0 aliphatic carbocycles. The largest absolute Gasteiger partial charge is 0.496 e. The molecule has 0 fully saturated rings. The maximum atomic E-state index is 12.4. The number of rotatable bonds is 4. The Bertz CT molecular complexity index is 991. The first-order valence-corrected chi connectivity index (χ1v) is 7.59. The molecule has 27 heavy (non-hydrogen) atoms. The van der Waals surface area contributed by atoms with Crippen molar-refractivity contribution in [3.8, 4) is 34.5 Å². The Morgan fingerprint density at radius 3 is 2.52 bits per heavy atom. The van der Waals surface area contributed by atoms with E-state index in [9.17, 15) is 18.0 Å². The number of methoxy groups -OCH3 is 1. The minimum Gasteiger partial charge on any atom is -0.496 e. The predicted molar refractivity (Wildman–Crippen MR) is 86.2 cm³/mol. The van der Waals surface area contributed by atoms with Gasteiger partial charge in [0.15, 0.2) is 0 Å². The number of halogens is 4. The zero-order valence-corrected chi connectivity index (χ0v) is 14.2. The molecule has 0 bridgehead atoms. The maximum absolute atomic E-state index is 12.4. The van der Waals surface area contributed by atoms with Gasteiger partial charge in [-0.3, -0.25) is 0 Å². The third-order valence-electron chi connectivity index (χ3n) is 3.24. The molecule has 2 heterocycles. The Balaban J connectivity index is 1.99. The van der Waals surface area contributed by atoms with E-state index in [1.165, 1.54) is 25.3 Å². The van der Waals surface area contributed by atoms with Crippen molar-refractivity contribution in [2.24, 2.45) is 0 Å². The molecule has 0 N–H and O–H groups in total. The molecule has 0 saturated heterocycles. The Morgan fingerprint density at radius 2 is 1.85 bits per heavy atom. The molecule has 0 spiro atoms. The lowest BCUT2D eigenvalue weighted by atomic mass is 10.2. The average molecular weight is 400 g/mol. The van der Waals surface area contributed by atoms with E-state index < -0.39 is 18.0 Å². The minimum absolute atomic E-state index is 0.00120. The summed E-state index contributed by atoms with van der Waals surface area (Å²) in [6, 6.07) is 7.42. The number of nitrogens with zero attached hydrogens (tertiary/aromatic N) is 3. The number of esters is 1. The topological polar surface area (TPSA) is 87.3 Å². The van der Waals surface area contributed by atoms with Gasteiger partial charge in [-0.05, 0) is 30.3 Å². The molecule has 0 aliphatic rings. The fraction of sp³-hybridized carbons (Fsp3) is 0.125. The Kier molecular flexibility index (Phi) is 5.00. The highest BCUT2D eigenvalue weighted by Crippen LogP contribution is 2.35. The molecule has 0 unspecified atom stereocenters. The molecule has 3 aromatic rings. The average Bonchev–Trinajstić information content (AvgIpc) is 3.11. The van der Waals surface area contributed by atoms with Crippen LogP contribution in [-0.4, -0.2) is 34.4 Å². The Labute approximate surface area is 154 Å². The van der Waals surface area contributed by atoms with Gasteiger partial charge < -0.3 is 13.9 Å². The number of hydrogen-bond acceptors (Lipinski definition) is 7. The lowest BCUT2D eigenvalue weighted by molar-refractivity contribution is -0.189. The van der Waals surface area contributed by atoms with Crippen molar-refractivity contribution in [1.82, 2.24) is 15.2 Å². The second-order valence-electron chi connectivity index (χ2n) is 5.00. The second kappa shape index (κ2) is 7.23. The summed E-state index contributed by atoms with van der Waals surface area (Å²) in [5, 5.41) is 7.99. The molecule has 0 amide bonds. The van der Waals surface area contributed by atoms with E-state index in [-0.39, 0.29) is 17.3 Å². The Hall–Kier alpha value is -3.14. The highest BCUT2D eigenvalue weighted by atomic mass is 35.5. The van der Waals surface area contributed by atoms with Crippen LogP contribution in [0, 0.1) is 0 Å². The van der Waals surface area contributed by atoms with E-state index in [1.54, 1.807) is 12.1 Å². The third kappa shape index (κ3) is 4.00. The minimum atomic E-state index is -5.18. The van der Waals surface area contributed by atoms with Crippen molar-refractivity contribution in [3.63, 3.8) is 0 Å². The first-order valence-electron chi connectivity index (χ1n) is 7.21. The van der Waals surface area contributed by atoms with Crippen LogP contribution in [0.25, 0.3) is 22.9 Å². The van der Waals surface area contributed by atoms with Crippen LogP contribution in [0.15, 0.2) is 40.9 Å². The van der Waals surface area contributed by atoms with Crippen molar-refractivity contribution in [1.29, 1.82) is 0 Å². The number of aromatic nitrogens is 3. The van der Waals surface area contributed by atoms with Crippen molar-refractivity contribution in [3.05, 3.63) is 41.6 Å². The van der Waals surface area contributed by atoms with Gasteiger partial charge in [0.1, 0.15) is 11.3 Å². The third-order valence-corrected chi connectivity index (χ3v) is 3.47. The van der Waals surface area contributed by atoms with Crippen molar-refractivity contribution >= 4 is 17.6 Å². The summed E-state index contributed by atoms with van der Waals surface area (Å²) in [6.45, 7) is 0. The standard InChI is InChI=1S/C16H9ClF3N3O4/c1-25-11-5-4-8(17)7-10(11)14-23-22-13(26-14)9-3-2-6-21-12(9)27-15(24)16(18,19)20/h2-7H,1H3. The van der Waals surface area contributed by atoms with Crippen LogP contribution in [0.1, 0.15) is 0 Å². The molecule has 0 saturated carbocycles. The van der Waals surface area contributed by atoms with Crippen LogP contribution < -0.4 is 9.47 Å². The van der Waals surface area contributed by atoms with E-state index >= 15 is 0 Å². The van der Waals surface area contributed by atoms with E-state index in [1.807, 2.05) is 0 Å². The summed E-state index contributed by atoms with van der Waals surface area (Å²) < 4.78 is 52.3. The second-order valence-corrected chi connectivity index (χ2v) is 5.44. The number of hydrogen-bond donors (Lipinski definition) is 0. The molecule has 0 radical (unpaired) electrons. The number of carbonyl (C=O) groups is 1. The van der Waals surface area contributed by atoms with Crippen LogP contribution in [0.4, 0.5) is 13.2 Å². The van der Waals surface area contributed by atoms with E-state index in [0.29, 0.717) is 16.3 Å². The molecule has 2 aromatic heterocycles. The first-order chi connectivity index (χ1) is 12.8. The summed E-state index contributed by atoms with van der Waals surface area (Å²) in [7, 11) is 1.43. The van der Waals surface area contributed by atoms with Crippen molar-refractivity contribution in [2.45, 2.75) is 6.18 Å². The fourth-order valence-corrected chi connectivity index (χ4v) is 2.24. The van der Waals surface area contributed by atoms with E-state index in [0.717, 1.165) is 6.20 Å². The highest BCUT2D eigenvalue weighted by molar-refractivity contribution is 6.30. The molecule has 3 rings (SSSR count). The van der Waals surface area contributed by atoms with Gasteiger partial charge in [-0.1, -0.05) is 11.6 Å². The number of carbonyl (C=O) groups excluding carboxylic acids is 1. The van der Waals surface area contributed by atoms with Gasteiger partial charge in [0, 0.05) is 11.2 Å². The van der Waals surface area contributed by atoms with Gasteiger partial charge in [-0.15, -0.1) is 10.2 Å². The summed E-state index contributed by atoms with van der Waals surface area (Å²) >= 11 is 5.95. The Morgan fingerprint density at radius 1 is 1.15 bits per heavy atom. The van der Waals surface area contributed by atoms with Gasteiger partial charge in [-0.2, -0.15) is 13.2 Å². The molecule has 0 aliphatic heterocycles. The summed E-state index contributed by atoms with van der Waals surface area (Å²) in [6.07, 6.45) is -4.03. The molecular formula is C16H9ClF3N3O4. The number of benzene rings is 1. The summed E-state index contributed by atoms with van der Waals surface area (Å²) in [5.41, 5.74) is 0.288. The quantitative estimate of drug-likeness (QED) is 0.614. The molecule has 1 aromatic carbocycles. The van der Waals surface area contributed by atoms with E-state index in [2.05, 4.69) is 19.9 Å². The zero-order chi connectivity index (χ0) is 19.6. The lowest BCUT2D eigenvalue weighted by Gasteiger charge is -2.08. The summed E-state index contributed by atoms with van der Waals surface area (Å²) in [4.78, 5) is 14.7. The van der Waals surface area contributed by atoms with Gasteiger partial charge in [-0.25, -0.2) is 9.78 Å². The highest BCUT2D eigenvalue weighted by Gasteiger charge is 2.42. The summed E-state index contributed by atoms with van der Waals surface area (Å²) in [5.74, 6) is -2.84. The molecule has 11 heteroatoms. The van der Waals surface area contributed by atoms with Crippen molar-refractivity contribution < 1.29 is 31.9 Å². The van der Waals surface area contributed by atoms with Crippen LogP contribution in [-0.2, 0) is 4.79 Å². The van der Waals surface area contributed by atoms with E-state index in [4.69, 9.17) is 20.8 Å². The fourth-order valence-electron chi connectivity index (χ4n) is 2.07. The first kappa shape index (κ1) is 18.6. The lowest BCUT2D eigenvalue weighted by Crippen LogP contribution is -2.28. The van der Waals surface area contributed by atoms with Gasteiger partial charge in [0.25, 0.3) is 11.8 Å². The van der Waals surface area contributed by atoms with Gasteiger partial charge in [0.2, 0.25) is 5.88 Å². The van der Waals surface area contributed by atoms with Crippen LogP contribution >= 0.6 is 11.6 Å².